The molecule has 1 aliphatic carbocycles. The fourth-order valence-electron chi connectivity index (χ4n) is 0.838. The van der Waals surface area contributed by atoms with Crippen LogP contribution in [0.4, 0.5) is 0 Å². The Kier molecular flexibility index (Phi) is 1.33. The summed E-state index contributed by atoms with van der Waals surface area (Å²) in [5, 5.41) is 8.36. The van der Waals surface area contributed by atoms with E-state index in [-0.39, 0.29) is 5.92 Å². The molecule has 0 saturated carbocycles. The van der Waals surface area contributed by atoms with Crippen molar-refractivity contribution in [3.63, 3.8) is 0 Å². The normalized spacial score (nSPS) is 26.2. The molecule has 2 nitrogen and oxygen atoms in total. The third kappa shape index (κ3) is 0.886. The lowest BCUT2D eigenvalue weighted by atomic mass is 10.1. The number of rotatable bonds is 1. The largest absolute Gasteiger partial charge is 0.481 e. The smallest absolute Gasteiger partial charge is 0.310 e. The molecule has 0 radical (unpaired) electrons. The zero-order valence-electron chi connectivity index (χ0n) is 4.50. The van der Waals surface area contributed by atoms with Crippen molar-refractivity contribution in [1.82, 2.24) is 0 Å². The Hall–Kier alpha value is -0.790. The third-order valence-electron chi connectivity index (χ3n) is 1.33. The second-order valence-corrected chi connectivity index (χ2v) is 1.95. The van der Waals surface area contributed by atoms with Gasteiger partial charge in [-0.25, -0.2) is 0 Å². The zero-order chi connectivity index (χ0) is 5.98. The van der Waals surface area contributed by atoms with E-state index in [0.717, 1.165) is 12.8 Å². The van der Waals surface area contributed by atoms with E-state index in [1.165, 1.54) is 0 Å². The lowest BCUT2D eigenvalue weighted by molar-refractivity contribution is -0.140. The quantitative estimate of drug-likeness (QED) is 0.514. The Morgan fingerprint density at radius 2 is 2.50 bits per heavy atom. The fraction of sp³-hybridized carbons (Fsp3) is 0.500. The first-order valence-electron chi connectivity index (χ1n) is 2.70. The van der Waals surface area contributed by atoms with E-state index in [2.05, 4.69) is 0 Å². The number of carbonyl (C=O) groups is 1. The molecule has 0 saturated heterocycles. The number of allylic oxidation sites excluding steroid dienone is 1. The molecule has 0 aliphatic heterocycles. The topological polar surface area (TPSA) is 37.3 Å². The lowest BCUT2D eigenvalue weighted by Crippen LogP contribution is -2.06. The van der Waals surface area contributed by atoms with Gasteiger partial charge in [0, 0.05) is 0 Å². The highest BCUT2D eigenvalue weighted by Crippen LogP contribution is 2.15. The Labute approximate surface area is 47.8 Å². The molecule has 0 heterocycles. The lowest BCUT2D eigenvalue weighted by Gasteiger charge is -1.95. The molecule has 1 atom stereocenters. The fourth-order valence-corrected chi connectivity index (χ4v) is 0.838. The second kappa shape index (κ2) is 1.99. The number of hydrogen-bond donors (Lipinski definition) is 1. The molecule has 1 N–H and O–H groups in total. The Balaban J connectivity index is 2.48. The van der Waals surface area contributed by atoms with E-state index in [1.54, 1.807) is 6.08 Å². The average Bonchev–Trinajstić information content (AvgIpc) is 2.12. The number of hydrogen-bond acceptors (Lipinski definition) is 1. The van der Waals surface area contributed by atoms with Gasteiger partial charge in [-0.05, 0) is 12.8 Å². The first kappa shape index (κ1) is 5.35. The maximum atomic E-state index is 10.2. The summed E-state index contributed by atoms with van der Waals surface area (Å²) in [5.41, 5.74) is 0. The molecule has 2 heteroatoms. The van der Waals surface area contributed by atoms with Gasteiger partial charge in [-0.2, -0.15) is 0 Å². The summed E-state index contributed by atoms with van der Waals surface area (Å²) in [7, 11) is 0. The first-order valence-corrected chi connectivity index (χ1v) is 2.70. The predicted molar refractivity (Wildman–Crippen MR) is 29.5 cm³/mol. The van der Waals surface area contributed by atoms with Gasteiger partial charge < -0.3 is 5.11 Å². The van der Waals surface area contributed by atoms with Crippen molar-refractivity contribution in [2.45, 2.75) is 12.8 Å². The van der Waals surface area contributed by atoms with Crippen LogP contribution in [0.1, 0.15) is 12.8 Å². The minimum atomic E-state index is -0.696. The standard InChI is InChI=1S/C6H8O2/c7-6(8)5-3-1-2-4-5/h1,3,5H,2,4H2,(H,7,8). The van der Waals surface area contributed by atoms with Crippen molar-refractivity contribution in [2.24, 2.45) is 5.92 Å². The van der Waals surface area contributed by atoms with Gasteiger partial charge in [-0.3, -0.25) is 4.79 Å². The highest BCUT2D eigenvalue weighted by atomic mass is 16.4. The highest BCUT2D eigenvalue weighted by Gasteiger charge is 2.15. The monoisotopic (exact) mass is 112 g/mol. The van der Waals surface area contributed by atoms with Gasteiger partial charge in [0.2, 0.25) is 0 Å². The molecule has 0 fully saturated rings. The molecule has 1 unspecified atom stereocenters. The predicted octanol–water partition coefficient (Wildman–Crippen LogP) is 1.04. The average molecular weight is 112 g/mol. The van der Waals surface area contributed by atoms with Gasteiger partial charge >= 0.3 is 5.97 Å². The minimum absolute atomic E-state index is 0.199. The second-order valence-electron chi connectivity index (χ2n) is 1.95. The van der Waals surface area contributed by atoms with Crippen LogP contribution in [0.2, 0.25) is 0 Å². The molecule has 1 rings (SSSR count). The van der Waals surface area contributed by atoms with E-state index in [9.17, 15) is 4.79 Å². The number of carboxylic acid groups (broad SMARTS) is 1. The number of aliphatic carboxylic acids is 1. The van der Waals surface area contributed by atoms with Crippen LogP contribution in [0.3, 0.4) is 0 Å². The summed E-state index contributed by atoms with van der Waals surface area (Å²) < 4.78 is 0. The summed E-state index contributed by atoms with van der Waals surface area (Å²) in [6.07, 6.45) is 5.38. The Morgan fingerprint density at radius 1 is 1.75 bits per heavy atom. The molecule has 0 aromatic heterocycles. The van der Waals surface area contributed by atoms with Crippen LogP contribution in [0, 0.1) is 5.92 Å². The number of carboxylic acids is 1. The maximum absolute atomic E-state index is 10.2. The molecule has 8 heavy (non-hydrogen) atoms. The van der Waals surface area contributed by atoms with Crippen LogP contribution in [-0.4, -0.2) is 11.1 Å². The van der Waals surface area contributed by atoms with Crippen molar-refractivity contribution in [3.8, 4) is 0 Å². The summed E-state index contributed by atoms with van der Waals surface area (Å²) in [6.45, 7) is 0. The van der Waals surface area contributed by atoms with Crippen LogP contribution >= 0.6 is 0 Å². The molecular weight excluding hydrogens is 104 g/mol. The molecule has 0 spiro atoms. The van der Waals surface area contributed by atoms with Gasteiger partial charge in [0.05, 0.1) is 5.92 Å². The van der Waals surface area contributed by atoms with Crippen LogP contribution in [0.15, 0.2) is 12.2 Å². The van der Waals surface area contributed by atoms with E-state index in [4.69, 9.17) is 5.11 Å². The molecule has 0 aromatic rings. The first-order chi connectivity index (χ1) is 3.80. The van der Waals surface area contributed by atoms with Crippen molar-refractivity contribution in [2.75, 3.05) is 0 Å². The Morgan fingerprint density at radius 3 is 2.75 bits per heavy atom. The van der Waals surface area contributed by atoms with Gasteiger partial charge in [-0.15, -0.1) is 0 Å². The van der Waals surface area contributed by atoms with Crippen molar-refractivity contribution in [1.29, 1.82) is 0 Å². The summed E-state index contributed by atoms with van der Waals surface area (Å²) in [5.74, 6) is -0.895. The summed E-state index contributed by atoms with van der Waals surface area (Å²) in [6, 6.07) is 0. The highest BCUT2D eigenvalue weighted by molar-refractivity contribution is 5.72. The van der Waals surface area contributed by atoms with E-state index in [0.29, 0.717) is 0 Å². The molecule has 0 bridgehead atoms. The zero-order valence-corrected chi connectivity index (χ0v) is 4.50. The van der Waals surface area contributed by atoms with E-state index in [1.807, 2.05) is 6.08 Å². The van der Waals surface area contributed by atoms with Crippen molar-refractivity contribution in [3.05, 3.63) is 12.2 Å². The van der Waals surface area contributed by atoms with E-state index < -0.39 is 5.97 Å². The molecule has 44 valence electrons. The van der Waals surface area contributed by atoms with Crippen molar-refractivity contribution < 1.29 is 9.90 Å². The molecule has 1 aliphatic rings. The molecular formula is C6H8O2. The van der Waals surface area contributed by atoms with Crippen molar-refractivity contribution >= 4 is 5.97 Å². The van der Waals surface area contributed by atoms with Gasteiger partial charge in [0.15, 0.2) is 0 Å². The SMILES string of the molecule is O=C(O)C1C=CCC1. The summed E-state index contributed by atoms with van der Waals surface area (Å²) in [4.78, 5) is 10.2. The van der Waals surface area contributed by atoms with E-state index >= 15 is 0 Å². The maximum Gasteiger partial charge on any atom is 0.310 e. The minimum Gasteiger partial charge on any atom is -0.481 e. The van der Waals surface area contributed by atoms with Crippen LogP contribution in [0.25, 0.3) is 0 Å². The molecule has 0 amide bonds. The summed E-state index contributed by atoms with van der Waals surface area (Å²) >= 11 is 0. The van der Waals surface area contributed by atoms with Crippen LogP contribution in [-0.2, 0) is 4.79 Å². The van der Waals surface area contributed by atoms with Crippen LogP contribution < -0.4 is 0 Å². The van der Waals surface area contributed by atoms with Crippen LogP contribution in [0.5, 0.6) is 0 Å². The molecule has 0 aromatic carbocycles. The van der Waals surface area contributed by atoms with Gasteiger partial charge in [0.25, 0.3) is 0 Å². The van der Waals surface area contributed by atoms with Gasteiger partial charge in [0.1, 0.15) is 0 Å². The van der Waals surface area contributed by atoms with Gasteiger partial charge in [-0.1, -0.05) is 12.2 Å². The Bertz CT molecular complexity index is 126. The third-order valence-corrected chi connectivity index (χ3v) is 1.33.